The first-order valence-electron chi connectivity index (χ1n) is 10.6. The van der Waals surface area contributed by atoms with Crippen LogP contribution in [0.3, 0.4) is 0 Å². The van der Waals surface area contributed by atoms with E-state index in [9.17, 15) is 9.18 Å². The fourth-order valence-corrected chi connectivity index (χ4v) is 3.90. The van der Waals surface area contributed by atoms with Gasteiger partial charge >= 0.3 is 0 Å². The lowest BCUT2D eigenvalue weighted by atomic mass is 9.92. The molecule has 0 bridgehead atoms. The minimum Gasteiger partial charge on any atom is -0.497 e. The van der Waals surface area contributed by atoms with Crippen LogP contribution in [0.2, 0.25) is 0 Å². The number of rotatable bonds is 7. The van der Waals surface area contributed by atoms with Gasteiger partial charge < -0.3 is 10.1 Å². The second kappa shape index (κ2) is 9.68. The van der Waals surface area contributed by atoms with E-state index < -0.39 is 0 Å². The highest BCUT2D eigenvalue weighted by Crippen LogP contribution is 2.27. The second-order valence-corrected chi connectivity index (χ2v) is 9.51. The Morgan fingerprint density at radius 1 is 1.09 bits per heavy atom. The molecule has 176 valence electrons. The molecule has 0 fully saturated rings. The number of aromatic nitrogens is 5. The number of carbonyl (C=O) groups excluding carboxylic acids is 1. The molecule has 10 heteroatoms. The third-order valence-corrected chi connectivity index (χ3v) is 5.96. The van der Waals surface area contributed by atoms with Gasteiger partial charge in [-0.15, -0.1) is 10.2 Å². The van der Waals surface area contributed by atoms with Crippen LogP contribution in [-0.4, -0.2) is 43.3 Å². The predicted octanol–water partition coefficient (Wildman–Crippen LogP) is 4.63. The number of anilines is 1. The van der Waals surface area contributed by atoms with E-state index in [1.165, 1.54) is 23.9 Å². The van der Waals surface area contributed by atoms with Crippen LogP contribution in [0.1, 0.15) is 26.5 Å². The van der Waals surface area contributed by atoms with Crippen LogP contribution in [-0.2, 0) is 10.2 Å². The average Bonchev–Trinajstić information content (AvgIpc) is 3.45. The van der Waals surface area contributed by atoms with Crippen molar-refractivity contribution in [3.8, 4) is 17.1 Å². The van der Waals surface area contributed by atoms with Crippen molar-refractivity contribution >= 4 is 23.5 Å². The number of amides is 1. The number of nitrogens with one attached hydrogen (secondary N) is 1. The van der Waals surface area contributed by atoms with Gasteiger partial charge in [-0.3, -0.25) is 9.36 Å². The fraction of sp³-hybridized carbons (Fsp3) is 0.250. The predicted molar refractivity (Wildman–Crippen MR) is 129 cm³/mol. The van der Waals surface area contributed by atoms with Gasteiger partial charge in [0.15, 0.2) is 5.16 Å². The summed E-state index contributed by atoms with van der Waals surface area (Å²) in [6, 6.07) is 15.3. The molecule has 0 radical (unpaired) electrons. The molecule has 2 aromatic carbocycles. The normalized spacial score (nSPS) is 11.4. The number of methoxy groups -OCH3 is 1. The van der Waals surface area contributed by atoms with Crippen LogP contribution in [0.25, 0.3) is 11.4 Å². The number of hydrogen-bond donors (Lipinski definition) is 1. The van der Waals surface area contributed by atoms with Gasteiger partial charge in [0, 0.05) is 17.2 Å². The van der Waals surface area contributed by atoms with E-state index in [0.29, 0.717) is 16.7 Å². The lowest BCUT2D eigenvalue weighted by Crippen LogP contribution is -2.17. The van der Waals surface area contributed by atoms with Gasteiger partial charge in [-0.1, -0.05) is 32.5 Å². The molecule has 1 amide bonds. The molecule has 0 atom stereocenters. The molecule has 0 unspecified atom stereocenters. The first-order valence-corrected chi connectivity index (χ1v) is 11.6. The van der Waals surface area contributed by atoms with E-state index in [1.807, 2.05) is 51.1 Å². The van der Waals surface area contributed by atoms with E-state index in [-0.39, 0.29) is 22.9 Å². The number of nitrogens with zero attached hydrogens (tertiary/aromatic N) is 5. The van der Waals surface area contributed by atoms with Crippen LogP contribution in [0, 0.1) is 5.82 Å². The van der Waals surface area contributed by atoms with Crippen LogP contribution in [0.4, 0.5) is 10.2 Å². The molecule has 34 heavy (non-hydrogen) atoms. The van der Waals surface area contributed by atoms with E-state index in [1.54, 1.807) is 34.8 Å². The molecule has 0 aliphatic rings. The number of ether oxygens (including phenoxy) is 1. The second-order valence-electron chi connectivity index (χ2n) is 8.57. The first kappa shape index (κ1) is 23.5. The number of halogens is 1. The van der Waals surface area contributed by atoms with Gasteiger partial charge in [-0.2, -0.15) is 5.10 Å². The van der Waals surface area contributed by atoms with Gasteiger partial charge in [-0.25, -0.2) is 9.07 Å². The number of benzene rings is 2. The largest absolute Gasteiger partial charge is 0.497 e. The van der Waals surface area contributed by atoms with Crippen LogP contribution >= 0.6 is 11.8 Å². The van der Waals surface area contributed by atoms with Gasteiger partial charge in [0.1, 0.15) is 23.7 Å². The van der Waals surface area contributed by atoms with Gasteiger partial charge in [0.2, 0.25) is 5.91 Å². The van der Waals surface area contributed by atoms with Crippen LogP contribution < -0.4 is 10.1 Å². The van der Waals surface area contributed by atoms with E-state index in [2.05, 4.69) is 20.6 Å². The van der Waals surface area contributed by atoms with Gasteiger partial charge in [0.05, 0.1) is 24.2 Å². The Bertz CT molecular complexity index is 1280. The number of thioether (sulfide) groups is 1. The van der Waals surface area contributed by atoms with Crippen LogP contribution in [0.5, 0.6) is 5.75 Å². The van der Waals surface area contributed by atoms with Crippen molar-refractivity contribution in [1.82, 2.24) is 24.5 Å². The Kier molecular flexibility index (Phi) is 6.69. The zero-order valence-corrected chi connectivity index (χ0v) is 20.1. The topological polar surface area (TPSA) is 86.9 Å². The lowest BCUT2D eigenvalue weighted by Gasteiger charge is -2.14. The van der Waals surface area contributed by atoms with Crippen molar-refractivity contribution in [3.63, 3.8) is 0 Å². The SMILES string of the molecule is COc1ccc(-n2cnnc2SCC(=O)Nc2cc(C(C)(C)C)nn2-c2ccc(F)cc2)cc1. The summed E-state index contributed by atoms with van der Waals surface area (Å²) < 4.78 is 22.0. The van der Waals surface area contributed by atoms with Crippen LogP contribution in [0.15, 0.2) is 66.1 Å². The molecule has 0 aliphatic carbocycles. The summed E-state index contributed by atoms with van der Waals surface area (Å²) in [7, 11) is 1.61. The molecule has 0 aliphatic heterocycles. The zero-order chi connectivity index (χ0) is 24.3. The molecule has 8 nitrogen and oxygen atoms in total. The van der Waals surface area contributed by atoms with Crippen molar-refractivity contribution < 1.29 is 13.9 Å². The van der Waals surface area contributed by atoms with Crippen molar-refractivity contribution in [2.45, 2.75) is 31.3 Å². The molecule has 0 saturated carbocycles. The van der Waals surface area contributed by atoms with Crippen molar-refractivity contribution in [2.75, 3.05) is 18.2 Å². The number of carbonyl (C=O) groups is 1. The lowest BCUT2D eigenvalue weighted by molar-refractivity contribution is -0.113. The van der Waals surface area contributed by atoms with Crippen molar-refractivity contribution in [3.05, 3.63) is 72.4 Å². The Labute approximate surface area is 201 Å². The molecule has 2 heterocycles. The summed E-state index contributed by atoms with van der Waals surface area (Å²) in [5, 5.41) is 16.3. The Hall–Kier alpha value is -3.66. The van der Waals surface area contributed by atoms with Gasteiger partial charge in [0.25, 0.3) is 0 Å². The van der Waals surface area contributed by atoms with Crippen molar-refractivity contribution in [2.24, 2.45) is 0 Å². The highest BCUT2D eigenvalue weighted by atomic mass is 32.2. The minimum absolute atomic E-state index is 0.119. The smallest absolute Gasteiger partial charge is 0.236 e. The summed E-state index contributed by atoms with van der Waals surface area (Å²) in [4.78, 5) is 12.8. The van der Waals surface area contributed by atoms with E-state index in [0.717, 1.165) is 17.1 Å². The molecule has 2 aromatic heterocycles. The monoisotopic (exact) mass is 480 g/mol. The maximum absolute atomic E-state index is 13.4. The summed E-state index contributed by atoms with van der Waals surface area (Å²) in [5.41, 5.74) is 2.09. The summed E-state index contributed by atoms with van der Waals surface area (Å²) in [5.74, 6) is 0.818. The van der Waals surface area contributed by atoms with E-state index in [4.69, 9.17) is 4.74 Å². The molecule has 0 saturated heterocycles. The highest BCUT2D eigenvalue weighted by Gasteiger charge is 2.22. The molecular formula is C24H25FN6O2S. The maximum Gasteiger partial charge on any atom is 0.236 e. The Morgan fingerprint density at radius 3 is 2.41 bits per heavy atom. The average molecular weight is 481 g/mol. The molecular weight excluding hydrogens is 455 g/mol. The Balaban J connectivity index is 1.50. The third kappa shape index (κ3) is 5.28. The Morgan fingerprint density at radius 2 is 1.76 bits per heavy atom. The molecule has 4 rings (SSSR count). The zero-order valence-electron chi connectivity index (χ0n) is 19.3. The van der Waals surface area contributed by atoms with Crippen molar-refractivity contribution in [1.29, 1.82) is 0 Å². The van der Waals surface area contributed by atoms with Gasteiger partial charge in [-0.05, 0) is 48.5 Å². The maximum atomic E-state index is 13.4. The summed E-state index contributed by atoms with van der Waals surface area (Å²) >= 11 is 1.27. The fourth-order valence-electron chi connectivity index (χ4n) is 3.17. The molecule has 1 N–H and O–H groups in total. The molecule has 4 aromatic rings. The standard InChI is InChI=1S/C24H25FN6O2S/c1-24(2,3)20-13-21(31(29-20)18-7-5-16(25)6-8-18)27-22(32)14-34-23-28-26-15-30(23)17-9-11-19(33-4)12-10-17/h5-13,15H,14H2,1-4H3,(H,27,32). The first-order chi connectivity index (χ1) is 16.2. The minimum atomic E-state index is -0.338. The summed E-state index contributed by atoms with van der Waals surface area (Å²) in [6.07, 6.45) is 1.60. The quantitative estimate of drug-likeness (QED) is 0.388. The third-order valence-electron chi connectivity index (χ3n) is 5.02. The number of hydrogen-bond acceptors (Lipinski definition) is 6. The molecule has 0 spiro atoms. The van der Waals surface area contributed by atoms with E-state index >= 15 is 0 Å². The highest BCUT2D eigenvalue weighted by molar-refractivity contribution is 7.99. The summed E-state index contributed by atoms with van der Waals surface area (Å²) in [6.45, 7) is 6.12.